The van der Waals surface area contributed by atoms with E-state index in [0.717, 1.165) is 24.8 Å². The molecular formula is C16H22N2O3. The van der Waals surface area contributed by atoms with E-state index in [-0.39, 0.29) is 17.9 Å². The van der Waals surface area contributed by atoms with E-state index < -0.39 is 0 Å². The second-order valence-corrected chi connectivity index (χ2v) is 5.53. The summed E-state index contributed by atoms with van der Waals surface area (Å²) in [6, 6.07) is 7.22. The maximum absolute atomic E-state index is 11.9. The molecule has 0 spiro atoms. The van der Waals surface area contributed by atoms with E-state index in [1.807, 2.05) is 6.07 Å². The lowest BCUT2D eigenvalue weighted by Crippen LogP contribution is -2.31. The summed E-state index contributed by atoms with van der Waals surface area (Å²) < 4.78 is 4.68. The molecular weight excluding hydrogens is 268 g/mol. The van der Waals surface area contributed by atoms with Crippen LogP contribution in [0.1, 0.15) is 41.6 Å². The summed E-state index contributed by atoms with van der Waals surface area (Å²) >= 11 is 0. The third kappa shape index (κ3) is 4.29. The van der Waals surface area contributed by atoms with Crippen molar-refractivity contribution in [3.05, 3.63) is 35.4 Å². The molecule has 21 heavy (non-hydrogen) atoms. The number of ether oxygens (including phenoxy) is 1. The summed E-state index contributed by atoms with van der Waals surface area (Å²) in [4.78, 5) is 23.4. The SMILES string of the molecule is COC(=O)c1cccc(CNC(=O)C[C@@H]2CCC[C@H]2N)c1. The normalized spacial score (nSPS) is 21.0. The molecule has 0 aliphatic heterocycles. The standard InChI is InChI=1S/C16H22N2O3/c1-21-16(20)13-6-2-4-11(8-13)10-18-15(19)9-12-5-3-7-14(12)17/h2,4,6,8,12,14H,3,5,7,9-10,17H2,1H3,(H,18,19)/t12-,14+/m0/s1. The van der Waals surface area contributed by atoms with Crippen LogP contribution < -0.4 is 11.1 Å². The molecule has 1 aromatic rings. The van der Waals surface area contributed by atoms with Gasteiger partial charge in [-0.15, -0.1) is 0 Å². The van der Waals surface area contributed by atoms with Crippen LogP contribution in [-0.2, 0) is 16.1 Å². The minimum atomic E-state index is -0.375. The van der Waals surface area contributed by atoms with E-state index in [4.69, 9.17) is 5.73 Å². The highest BCUT2D eigenvalue weighted by atomic mass is 16.5. The number of nitrogens with two attached hydrogens (primary N) is 1. The Balaban J connectivity index is 1.85. The zero-order chi connectivity index (χ0) is 15.2. The van der Waals surface area contributed by atoms with Gasteiger partial charge in [0.1, 0.15) is 0 Å². The Hall–Kier alpha value is -1.88. The number of hydrogen-bond acceptors (Lipinski definition) is 4. The molecule has 1 fully saturated rings. The predicted molar refractivity (Wildman–Crippen MR) is 79.6 cm³/mol. The van der Waals surface area contributed by atoms with E-state index in [1.54, 1.807) is 18.2 Å². The Labute approximate surface area is 124 Å². The highest BCUT2D eigenvalue weighted by Crippen LogP contribution is 2.26. The maximum Gasteiger partial charge on any atom is 0.337 e. The highest BCUT2D eigenvalue weighted by molar-refractivity contribution is 5.89. The zero-order valence-corrected chi connectivity index (χ0v) is 12.3. The van der Waals surface area contributed by atoms with Gasteiger partial charge in [0.15, 0.2) is 0 Å². The quantitative estimate of drug-likeness (QED) is 0.807. The van der Waals surface area contributed by atoms with Gasteiger partial charge in [0.2, 0.25) is 5.91 Å². The van der Waals surface area contributed by atoms with Gasteiger partial charge in [-0.2, -0.15) is 0 Å². The third-order valence-corrected chi connectivity index (χ3v) is 4.00. The fourth-order valence-corrected chi connectivity index (χ4v) is 2.76. The van der Waals surface area contributed by atoms with Crippen molar-refractivity contribution in [3.63, 3.8) is 0 Å². The van der Waals surface area contributed by atoms with Crippen LogP contribution in [0.25, 0.3) is 0 Å². The monoisotopic (exact) mass is 290 g/mol. The molecule has 1 saturated carbocycles. The number of rotatable bonds is 5. The number of methoxy groups -OCH3 is 1. The molecule has 2 atom stereocenters. The number of hydrogen-bond donors (Lipinski definition) is 2. The first-order chi connectivity index (χ1) is 10.1. The van der Waals surface area contributed by atoms with Crippen molar-refractivity contribution in [2.24, 2.45) is 11.7 Å². The average Bonchev–Trinajstić information content (AvgIpc) is 2.90. The molecule has 1 aromatic carbocycles. The van der Waals surface area contributed by atoms with Gasteiger partial charge in [-0.25, -0.2) is 4.79 Å². The minimum Gasteiger partial charge on any atom is -0.465 e. The van der Waals surface area contributed by atoms with Crippen molar-refractivity contribution in [3.8, 4) is 0 Å². The van der Waals surface area contributed by atoms with Gasteiger partial charge in [0.25, 0.3) is 0 Å². The first-order valence-electron chi connectivity index (χ1n) is 7.29. The largest absolute Gasteiger partial charge is 0.465 e. The molecule has 114 valence electrons. The fourth-order valence-electron chi connectivity index (χ4n) is 2.76. The second kappa shape index (κ2) is 7.22. The van der Waals surface area contributed by atoms with E-state index >= 15 is 0 Å². The molecule has 3 N–H and O–H groups in total. The first-order valence-corrected chi connectivity index (χ1v) is 7.29. The summed E-state index contributed by atoms with van der Waals surface area (Å²) in [5, 5.41) is 2.88. The third-order valence-electron chi connectivity index (χ3n) is 4.00. The van der Waals surface area contributed by atoms with Crippen molar-refractivity contribution < 1.29 is 14.3 Å². The fraction of sp³-hybridized carbons (Fsp3) is 0.500. The number of carbonyl (C=O) groups is 2. The molecule has 1 aliphatic rings. The molecule has 2 rings (SSSR count). The Morgan fingerprint density at radius 3 is 2.86 bits per heavy atom. The molecule has 0 aromatic heterocycles. The van der Waals surface area contributed by atoms with Gasteiger partial charge in [-0.05, 0) is 36.5 Å². The van der Waals surface area contributed by atoms with Gasteiger partial charge in [0, 0.05) is 19.0 Å². The Morgan fingerprint density at radius 2 is 2.19 bits per heavy atom. The summed E-state index contributed by atoms with van der Waals surface area (Å²) in [7, 11) is 1.35. The topological polar surface area (TPSA) is 81.4 Å². The molecule has 0 radical (unpaired) electrons. The van der Waals surface area contributed by atoms with Crippen LogP contribution >= 0.6 is 0 Å². The van der Waals surface area contributed by atoms with Gasteiger partial charge in [0.05, 0.1) is 12.7 Å². The zero-order valence-electron chi connectivity index (χ0n) is 12.3. The maximum atomic E-state index is 11.9. The van der Waals surface area contributed by atoms with Crippen LogP contribution in [-0.4, -0.2) is 25.0 Å². The first kappa shape index (κ1) is 15.5. The van der Waals surface area contributed by atoms with Crippen LogP contribution in [0.5, 0.6) is 0 Å². The second-order valence-electron chi connectivity index (χ2n) is 5.53. The number of amides is 1. The smallest absolute Gasteiger partial charge is 0.337 e. The molecule has 0 unspecified atom stereocenters. The van der Waals surface area contributed by atoms with Crippen molar-refractivity contribution in [2.45, 2.75) is 38.3 Å². The van der Waals surface area contributed by atoms with Gasteiger partial charge < -0.3 is 15.8 Å². The summed E-state index contributed by atoms with van der Waals surface area (Å²) in [5.41, 5.74) is 7.34. The number of esters is 1. The van der Waals surface area contributed by atoms with Gasteiger partial charge >= 0.3 is 5.97 Å². The van der Waals surface area contributed by atoms with Crippen molar-refractivity contribution in [1.82, 2.24) is 5.32 Å². The lowest BCUT2D eigenvalue weighted by molar-refractivity contribution is -0.122. The Morgan fingerprint density at radius 1 is 1.38 bits per heavy atom. The lowest BCUT2D eigenvalue weighted by Gasteiger charge is -2.14. The van der Waals surface area contributed by atoms with E-state index in [1.165, 1.54) is 7.11 Å². The van der Waals surface area contributed by atoms with Crippen LogP contribution in [0, 0.1) is 5.92 Å². The molecule has 5 nitrogen and oxygen atoms in total. The van der Waals surface area contributed by atoms with Gasteiger partial charge in [-0.1, -0.05) is 18.6 Å². The minimum absolute atomic E-state index is 0.0146. The molecule has 1 aliphatic carbocycles. The van der Waals surface area contributed by atoms with Crippen LogP contribution in [0.15, 0.2) is 24.3 Å². The number of nitrogens with one attached hydrogen (secondary N) is 1. The van der Waals surface area contributed by atoms with E-state index in [0.29, 0.717) is 24.4 Å². The Bertz CT molecular complexity index is 516. The van der Waals surface area contributed by atoms with Crippen molar-refractivity contribution in [2.75, 3.05) is 7.11 Å². The molecule has 0 saturated heterocycles. The summed E-state index contributed by atoms with van der Waals surface area (Å²) in [6.45, 7) is 0.408. The van der Waals surface area contributed by atoms with Crippen LogP contribution in [0.3, 0.4) is 0 Å². The van der Waals surface area contributed by atoms with Crippen molar-refractivity contribution in [1.29, 1.82) is 0 Å². The predicted octanol–water partition coefficient (Wildman–Crippen LogP) is 1.61. The van der Waals surface area contributed by atoms with Crippen LogP contribution in [0.4, 0.5) is 0 Å². The summed E-state index contributed by atoms with van der Waals surface area (Å²) in [5.74, 6) is -0.0627. The van der Waals surface area contributed by atoms with E-state index in [2.05, 4.69) is 10.1 Å². The number of carbonyl (C=O) groups excluding carboxylic acids is 2. The molecule has 0 heterocycles. The highest BCUT2D eigenvalue weighted by Gasteiger charge is 2.25. The van der Waals surface area contributed by atoms with Gasteiger partial charge in [-0.3, -0.25) is 4.79 Å². The summed E-state index contributed by atoms with van der Waals surface area (Å²) in [6.07, 6.45) is 3.64. The molecule has 5 heteroatoms. The Kier molecular flexibility index (Phi) is 5.33. The average molecular weight is 290 g/mol. The number of benzene rings is 1. The molecule has 0 bridgehead atoms. The van der Waals surface area contributed by atoms with Crippen molar-refractivity contribution >= 4 is 11.9 Å². The molecule has 1 amide bonds. The van der Waals surface area contributed by atoms with E-state index in [9.17, 15) is 9.59 Å². The lowest BCUT2D eigenvalue weighted by atomic mass is 10.00. The van der Waals surface area contributed by atoms with Crippen LogP contribution in [0.2, 0.25) is 0 Å².